The van der Waals surface area contributed by atoms with Crippen molar-refractivity contribution in [2.75, 3.05) is 5.32 Å². The van der Waals surface area contributed by atoms with E-state index in [9.17, 15) is 19.5 Å². The molecule has 1 aromatic carbocycles. The molecule has 5 N–H and O–H groups in total. The Morgan fingerprint density at radius 2 is 1.90 bits per heavy atom. The Kier molecular flexibility index (Phi) is 5.29. The summed E-state index contributed by atoms with van der Waals surface area (Å²) >= 11 is 0. The van der Waals surface area contributed by atoms with Crippen LogP contribution in [0.1, 0.15) is 34.8 Å². The van der Waals surface area contributed by atoms with Crippen LogP contribution in [0.25, 0.3) is 0 Å². The van der Waals surface area contributed by atoms with E-state index in [1.807, 2.05) is 0 Å². The zero-order chi connectivity index (χ0) is 16.2. The van der Waals surface area contributed by atoms with Crippen LogP contribution in [0.4, 0.5) is 10.5 Å². The van der Waals surface area contributed by atoms with Gasteiger partial charge in [-0.3, -0.25) is 4.79 Å². The number of amides is 3. The highest BCUT2D eigenvalue weighted by molar-refractivity contribution is 6.01. The first kappa shape index (κ1) is 16.5. The first-order chi connectivity index (χ1) is 9.70. The molecule has 0 aromatic heterocycles. The van der Waals surface area contributed by atoms with Gasteiger partial charge in [0.1, 0.15) is 0 Å². The highest BCUT2D eigenvalue weighted by Gasteiger charge is 2.17. The molecule has 0 saturated heterocycles. The topological polar surface area (TPSA) is 122 Å². The molecule has 0 aliphatic rings. The fourth-order valence-electron chi connectivity index (χ4n) is 2.03. The third-order valence-electron chi connectivity index (χ3n) is 2.83. The molecule has 0 radical (unpaired) electrons. The Labute approximate surface area is 122 Å². The molecule has 0 heterocycles. The summed E-state index contributed by atoms with van der Waals surface area (Å²) in [5.74, 6) is -1.65. The summed E-state index contributed by atoms with van der Waals surface area (Å²) < 4.78 is 0. The van der Waals surface area contributed by atoms with Gasteiger partial charge in [0.25, 0.3) is 0 Å². The Bertz CT molecular complexity index is 584. The van der Waals surface area contributed by atoms with E-state index in [0.717, 1.165) is 5.56 Å². The molecule has 1 atom stereocenters. The Hall–Kier alpha value is -2.57. The fourth-order valence-corrected chi connectivity index (χ4v) is 2.03. The number of hydrogen-bond donors (Lipinski definition) is 4. The first-order valence-corrected chi connectivity index (χ1v) is 6.41. The first-order valence-electron chi connectivity index (χ1n) is 6.41. The number of carbonyl (C=O) groups excluding carboxylic acids is 2. The van der Waals surface area contributed by atoms with Crippen LogP contribution in [0.15, 0.2) is 12.1 Å². The molecule has 21 heavy (non-hydrogen) atoms. The lowest BCUT2D eigenvalue weighted by molar-refractivity contribution is -0.118. The number of rotatable bonds is 5. The molecule has 7 heteroatoms. The Morgan fingerprint density at radius 1 is 1.29 bits per heavy atom. The summed E-state index contributed by atoms with van der Waals surface area (Å²) in [5, 5.41) is 14.2. The quantitative estimate of drug-likeness (QED) is 0.655. The van der Waals surface area contributed by atoms with E-state index in [0.29, 0.717) is 5.56 Å². The van der Waals surface area contributed by atoms with Crippen LogP contribution < -0.4 is 16.4 Å². The van der Waals surface area contributed by atoms with E-state index >= 15 is 0 Å². The number of urea groups is 1. The van der Waals surface area contributed by atoms with E-state index in [4.69, 9.17) is 5.73 Å². The number of carboxylic acid groups (broad SMARTS) is 1. The van der Waals surface area contributed by atoms with Crippen molar-refractivity contribution in [1.29, 1.82) is 0 Å². The molecular weight excluding hydrogens is 274 g/mol. The van der Waals surface area contributed by atoms with Crippen LogP contribution in [0.5, 0.6) is 0 Å². The molecule has 0 fully saturated rings. The monoisotopic (exact) mass is 293 g/mol. The van der Waals surface area contributed by atoms with Crippen molar-refractivity contribution < 1.29 is 19.5 Å². The van der Waals surface area contributed by atoms with Crippen LogP contribution in [0, 0.1) is 13.8 Å². The normalized spacial score (nSPS) is 11.6. The molecular formula is C14H19N3O4. The third-order valence-corrected chi connectivity index (χ3v) is 2.83. The van der Waals surface area contributed by atoms with Crippen LogP contribution in [-0.4, -0.2) is 29.1 Å². The number of anilines is 1. The van der Waals surface area contributed by atoms with Gasteiger partial charge in [-0.05, 0) is 38.0 Å². The van der Waals surface area contributed by atoms with Gasteiger partial charge < -0.3 is 21.5 Å². The molecule has 0 aliphatic heterocycles. The summed E-state index contributed by atoms with van der Waals surface area (Å²) in [5.41, 5.74) is 6.72. The second-order valence-electron chi connectivity index (χ2n) is 4.98. The number of nitrogens with one attached hydrogen (secondary N) is 2. The number of nitrogens with two attached hydrogens (primary N) is 1. The molecule has 0 spiro atoms. The lowest BCUT2D eigenvalue weighted by Crippen LogP contribution is -2.38. The zero-order valence-electron chi connectivity index (χ0n) is 12.2. The van der Waals surface area contributed by atoms with Crippen molar-refractivity contribution in [3.05, 3.63) is 28.8 Å². The van der Waals surface area contributed by atoms with Crippen molar-refractivity contribution in [3.8, 4) is 0 Å². The summed E-state index contributed by atoms with van der Waals surface area (Å²) in [7, 11) is 0. The van der Waals surface area contributed by atoms with Gasteiger partial charge >= 0.3 is 12.0 Å². The standard InChI is InChI=1S/C14H19N3O4/c1-7-4-8(2)12(10(5-7)13(19)20)17-14(21)16-9(3)6-11(15)18/h4-5,9H,6H2,1-3H3,(H2,15,18)(H,19,20)(H2,16,17,21). The average Bonchev–Trinajstić information content (AvgIpc) is 2.30. The maximum absolute atomic E-state index is 11.8. The molecule has 1 aromatic rings. The van der Waals surface area contributed by atoms with Crippen molar-refractivity contribution in [3.63, 3.8) is 0 Å². The van der Waals surface area contributed by atoms with Gasteiger partial charge in [-0.2, -0.15) is 0 Å². The largest absolute Gasteiger partial charge is 0.478 e. The molecule has 0 saturated carbocycles. The second-order valence-corrected chi connectivity index (χ2v) is 4.98. The average molecular weight is 293 g/mol. The molecule has 7 nitrogen and oxygen atoms in total. The fraction of sp³-hybridized carbons (Fsp3) is 0.357. The SMILES string of the molecule is Cc1cc(C)c(NC(=O)NC(C)CC(N)=O)c(C(=O)O)c1. The van der Waals surface area contributed by atoms with E-state index in [1.165, 1.54) is 6.07 Å². The number of carboxylic acids is 1. The van der Waals surface area contributed by atoms with Crippen LogP contribution in [0.2, 0.25) is 0 Å². The van der Waals surface area contributed by atoms with E-state index in [2.05, 4.69) is 10.6 Å². The number of benzene rings is 1. The predicted molar refractivity (Wildman–Crippen MR) is 78.3 cm³/mol. The molecule has 0 aliphatic carbocycles. The smallest absolute Gasteiger partial charge is 0.337 e. The van der Waals surface area contributed by atoms with Crippen molar-refractivity contribution >= 4 is 23.6 Å². The minimum absolute atomic E-state index is 0.00604. The Morgan fingerprint density at radius 3 is 2.43 bits per heavy atom. The molecule has 0 bridgehead atoms. The van der Waals surface area contributed by atoms with Gasteiger partial charge in [-0.25, -0.2) is 9.59 Å². The molecule has 1 unspecified atom stereocenters. The van der Waals surface area contributed by atoms with Gasteiger partial charge in [0.2, 0.25) is 5.91 Å². The highest BCUT2D eigenvalue weighted by atomic mass is 16.4. The van der Waals surface area contributed by atoms with Gasteiger partial charge in [0.15, 0.2) is 0 Å². The van der Waals surface area contributed by atoms with Crippen LogP contribution >= 0.6 is 0 Å². The summed E-state index contributed by atoms with van der Waals surface area (Å²) in [6.07, 6.45) is 0.00604. The summed E-state index contributed by atoms with van der Waals surface area (Å²) in [6, 6.07) is 2.23. The third kappa shape index (κ3) is 4.79. The van der Waals surface area contributed by atoms with Crippen molar-refractivity contribution in [1.82, 2.24) is 5.32 Å². The maximum Gasteiger partial charge on any atom is 0.337 e. The van der Waals surface area contributed by atoms with Gasteiger partial charge in [-0.1, -0.05) is 6.07 Å². The lowest BCUT2D eigenvalue weighted by atomic mass is 10.0. The van der Waals surface area contributed by atoms with Crippen molar-refractivity contribution in [2.24, 2.45) is 5.73 Å². The Balaban J connectivity index is 2.90. The number of aromatic carboxylic acids is 1. The number of aryl methyl sites for hydroxylation is 2. The van der Waals surface area contributed by atoms with Crippen LogP contribution in [-0.2, 0) is 4.79 Å². The van der Waals surface area contributed by atoms with Gasteiger partial charge in [-0.15, -0.1) is 0 Å². The minimum atomic E-state index is -1.12. The molecule has 114 valence electrons. The minimum Gasteiger partial charge on any atom is -0.478 e. The molecule has 1 rings (SSSR count). The lowest BCUT2D eigenvalue weighted by Gasteiger charge is -2.16. The van der Waals surface area contributed by atoms with Gasteiger partial charge in [0, 0.05) is 12.5 Å². The van der Waals surface area contributed by atoms with Gasteiger partial charge in [0.05, 0.1) is 11.3 Å². The highest BCUT2D eigenvalue weighted by Crippen LogP contribution is 2.22. The molecule has 3 amide bonds. The number of carbonyl (C=O) groups is 3. The van der Waals surface area contributed by atoms with E-state index < -0.39 is 23.9 Å². The predicted octanol–water partition coefficient (Wildman–Crippen LogP) is 1.39. The van der Waals surface area contributed by atoms with Crippen LogP contribution in [0.3, 0.4) is 0 Å². The number of primary amides is 1. The zero-order valence-corrected chi connectivity index (χ0v) is 12.2. The number of hydrogen-bond acceptors (Lipinski definition) is 3. The summed E-state index contributed by atoms with van der Waals surface area (Å²) in [4.78, 5) is 33.8. The van der Waals surface area contributed by atoms with Crippen molar-refractivity contribution in [2.45, 2.75) is 33.2 Å². The van der Waals surface area contributed by atoms with E-state index in [1.54, 1.807) is 26.8 Å². The summed E-state index contributed by atoms with van der Waals surface area (Å²) in [6.45, 7) is 5.12. The maximum atomic E-state index is 11.8. The van der Waals surface area contributed by atoms with E-state index in [-0.39, 0.29) is 17.7 Å². The second kappa shape index (κ2) is 6.74.